The van der Waals surface area contributed by atoms with E-state index in [9.17, 15) is 0 Å². The average molecular weight is 463 g/mol. The van der Waals surface area contributed by atoms with Crippen molar-refractivity contribution < 1.29 is 4.74 Å². The van der Waals surface area contributed by atoms with E-state index in [1.807, 2.05) is 42.7 Å². The second-order valence-corrected chi connectivity index (χ2v) is 9.01. The summed E-state index contributed by atoms with van der Waals surface area (Å²) in [6.07, 6.45) is 3.69. The maximum Gasteiger partial charge on any atom is 0.170 e. The molecule has 0 radical (unpaired) electrons. The van der Waals surface area contributed by atoms with Crippen molar-refractivity contribution in [1.29, 1.82) is 0 Å². The van der Waals surface area contributed by atoms with Crippen molar-refractivity contribution in [2.24, 2.45) is 0 Å². The van der Waals surface area contributed by atoms with E-state index >= 15 is 0 Å². The number of aromatic nitrogens is 3. The van der Waals surface area contributed by atoms with Gasteiger partial charge in [0.15, 0.2) is 5.11 Å². The maximum atomic E-state index is 5.86. The summed E-state index contributed by atoms with van der Waals surface area (Å²) >= 11 is 5.86. The van der Waals surface area contributed by atoms with Gasteiger partial charge in [-0.1, -0.05) is 12.1 Å². The fourth-order valence-corrected chi connectivity index (χ4v) is 5.32. The number of hydrogen-bond acceptors (Lipinski definition) is 5. The molecule has 5 heterocycles. The molecule has 2 fully saturated rings. The van der Waals surface area contributed by atoms with Gasteiger partial charge < -0.3 is 19.5 Å². The number of thiocarbonyl (C=S) groups is 1. The molecule has 5 rings (SSSR count). The van der Waals surface area contributed by atoms with E-state index in [0.717, 1.165) is 61.7 Å². The molecule has 0 aliphatic carbocycles. The highest BCUT2D eigenvalue weighted by atomic mass is 32.1. The first-order valence-electron chi connectivity index (χ1n) is 11.5. The fraction of sp³-hybridized carbons (Fsp3) is 0.400. The highest BCUT2D eigenvalue weighted by Crippen LogP contribution is 2.41. The quantitative estimate of drug-likeness (QED) is 0.565. The molecule has 7 nitrogen and oxygen atoms in total. The molecule has 172 valence electrons. The van der Waals surface area contributed by atoms with Crippen LogP contribution in [0.1, 0.15) is 34.7 Å². The largest absolute Gasteiger partial charge is 0.379 e. The molecule has 2 saturated heterocycles. The highest BCUT2D eigenvalue weighted by Gasteiger charge is 2.41. The minimum atomic E-state index is -0.0129. The van der Waals surface area contributed by atoms with Crippen LogP contribution in [-0.4, -0.2) is 68.8 Å². The van der Waals surface area contributed by atoms with Gasteiger partial charge in [-0.25, -0.2) is 4.98 Å². The van der Waals surface area contributed by atoms with Crippen LogP contribution in [0.3, 0.4) is 0 Å². The minimum absolute atomic E-state index is 0.0129. The minimum Gasteiger partial charge on any atom is -0.379 e. The summed E-state index contributed by atoms with van der Waals surface area (Å²) in [4.78, 5) is 14.1. The second kappa shape index (κ2) is 9.59. The zero-order valence-corrected chi connectivity index (χ0v) is 20.0. The van der Waals surface area contributed by atoms with Crippen LogP contribution in [0.4, 0.5) is 0 Å². The standard InChI is InChI=1S/C25H30N6OS/c1-18-17-20(19(2)31(18)22-8-4-6-10-27-22)24-23(21-7-3-5-9-26-21)28-25(33)30(24)12-11-29-13-15-32-16-14-29/h3-10,17,23-24H,11-16H2,1-2H3,(H,28,33)/t23-,24-/m1/s1. The molecule has 2 aliphatic heterocycles. The lowest BCUT2D eigenvalue weighted by Crippen LogP contribution is -2.42. The van der Waals surface area contributed by atoms with E-state index in [2.05, 4.69) is 55.6 Å². The van der Waals surface area contributed by atoms with Gasteiger partial charge in [-0.15, -0.1) is 0 Å². The lowest BCUT2D eigenvalue weighted by atomic mass is 9.97. The van der Waals surface area contributed by atoms with E-state index in [0.29, 0.717) is 0 Å². The molecule has 3 aromatic rings. The van der Waals surface area contributed by atoms with Gasteiger partial charge in [0.25, 0.3) is 0 Å². The SMILES string of the molecule is Cc1cc([C@@H]2[C@@H](c3ccccn3)NC(=S)N2CCN2CCOCC2)c(C)n1-c1ccccn1. The van der Waals surface area contributed by atoms with E-state index < -0.39 is 0 Å². The Morgan fingerprint density at radius 2 is 1.79 bits per heavy atom. The van der Waals surface area contributed by atoms with Crippen LogP contribution < -0.4 is 5.32 Å². The summed E-state index contributed by atoms with van der Waals surface area (Å²) in [5, 5.41) is 4.36. The van der Waals surface area contributed by atoms with Gasteiger partial charge >= 0.3 is 0 Å². The number of aryl methyl sites for hydroxylation is 1. The molecular formula is C25H30N6OS. The Kier molecular flexibility index (Phi) is 6.39. The molecule has 1 N–H and O–H groups in total. The van der Waals surface area contributed by atoms with Gasteiger partial charge in [-0.05, 0) is 62.0 Å². The van der Waals surface area contributed by atoms with Crippen LogP contribution in [0, 0.1) is 13.8 Å². The fourth-order valence-electron chi connectivity index (χ4n) is 4.98. The molecule has 2 aliphatic rings. The summed E-state index contributed by atoms with van der Waals surface area (Å²) in [5.74, 6) is 0.932. The van der Waals surface area contributed by atoms with Crippen LogP contribution in [-0.2, 0) is 4.74 Å². The molecule has 8 heteroatoms. The Morgan fingerprint density at radius 1 is 1.03 bits per heavy atom. The predicted octanol–water partition coefficient (Wildman–Crippen LogP) is 3.19. The van der Waals surface area contributed by atoms with Crippen LogP contribution in [0.5, 0.6) is 0 Å². The van der Waals surface area contributed by atoms with Gasteiger partial charge in [0, 0.05) is 50.0 Å². The maximum absolute atomic E-state index is 5.86. The molecule has 0 unspecified atom stereocenters. The van der Waals surface area contributed by atoms with Crippen LogP contribution in [0.15, 0.2) is 54.9 Å². The molecule has 0 saturated carbocycles. The number of ether oxygens (including phenoxy) is 1. The van der Waals surface area contributed by atoms with Gasteiger partial charge in [-0.2, -0.15) is 0 Å². The Labute approximate surface area is 200 Å². The van der Waals surface area contributed by atoms with Crippen molar-refractivity contribution in [1.82, 2.24) is 29.7 Å². The number of morpholine rings is 1. The number of nitrogens with zero attached hydrogens (tertiary/aromatic N) is 5. The van der Waals surface area contributed by atoms with Crippen molar-refractivity contribution in [3.05, 3.63) is 77.5 Å². The molecule has 0 spiro atoms. The van der Waals surface area contributed by atoms with E-state index in [-0.39, 0.29) is 12.1 Å². The Bertz CT molecular complexity index is 1100. The summed E-state index contributed by atoms with van der Waals surface area (Å²) < 4.78 is 7.75. The first-order valence-corrected chi connectivity index (χ1v) is 11.9. The van der Waals surface area contributed by atoms with Gasteiger partial charge in [0.2, 0.25) is 0 Å². The van der Waals surface area contributed by atoms with Gasteiger partial charge in [-0.3, -0.25) is 9.88 Å². The third-order valence-corrected chi connectivity index (χ3v) is 6.98. The summed E-state index contributed by atoms with van der Waals surface area (Å²) in [6, 6.07) is 14.4. The molecule has 0 aromatic carbocycles. The second-order valence-electron chi connectivity index (χ2n) is 8.62. The zero-order valence-electron chi connectivity index (χ0n) is 19.1. The lowest BCUT2D eigenvalue weighted by molar-refractivity contribution is 0.0350. The Morgan fingerprint density at radius 3 is 2.48 bits per heavy atom. The zero-order chi connectivity index (χ0) is 22.8. The predicted molar refractivity (Wildman–Crippen MR) is 132 cm³/mol. The van der Waals surface area contributed by atoms with Crippen LogP contribution in [0.25, 0.3) is 5.82 Å². The normalized spacial score (nSPS) is 21.4. The molecule has 0 bridgehead atoms. The number of rotatable bonds is 6. The van der Waals surface area contributed by atoms with Gasteiger partial charge in [0.05, 0.1) is 31.0 Å². The summed E-state index contributed by atoms with van der Waals surface area (Å²) in [7, 11) is 0. The first kappa shape index (κ1) is 22.0. The van der Waals surface area contributed by atoms with Crippen molar-refractivity contribution in [3.8, 4) is 5.82 Å². The first-order chi connectivity index (χ1) is 16.1. The average Bonchev–Trinajstić information content (AvgIpc) is 3.34. The number of nitrogens with one attached hydrogen (secondary N) is 1. The van der Waals surface area contributed by atoms with Gasteiger partial charge in [0.1, 0.15) is 5.82 Å². The molecule has 33 heavy (non-hydrogen) atoms. The van der Waals surface area contributed by atoms with E-state index in [1.54, 1.807) is 0 Å². The monoisotopic (exact) mass is 462 g/mol. The van der Waals surface area contributed by atoms with Crippen molar-refractivity contribution in [2.75, 3.05) is 39.4 Å². The number of pyridine rings is 2. The summed E-state index contributed by atoms with van der Waals surface area (Å²) in [5.41, 5.74) is 4.59. The molecule has 0 amide bonds. The van der Waals surface area contributed by atoms with Crippen LogP contribution >= 0.6 is 12.2 Å². The third-order valence-electron chi connectivity index (χ3n) is 6.63. The molecule has 3 aromatic heterocycles. The summed E-state index contributed by atoms with van der Waals surface area (Å²) in [6.45, 7) is 9.66. The molecule has 2 atom stereocenters. The van der Waals surface area contributed by atoms with Crippen molar-refractivity contribution in [3.63, 3.8) is 0 Å². The van der Waals surface area contributed by atoms with Crippen molar-refractivity contribution >= 4 is 17.3 Å². The lowest BCUT2D eigenvalue weighted by Gasteiger charge is -2.32. The third kappa shape index (κ3) is 4.38. The van der Waals surface area contributed by atoms with Crippen molar-refractivity contribution in [2.45, 2.75) is 25.9 Å². The Balaban J connectivity index is 1.52. The Hall–Kier alpha value is -2.81. The molecular weight excluding hydrogens is 432 g/mol. The number of hydrogen-bond donors (Lipinski definition) is 1. The topological polar surface area (TPSA) is 58.5 Å². The van der Waals surface area contributed by atoms with Crippen LogP contribution in [0.2, 0.25) is 0 Å². The van der Waals surface area contributed by atoms with E-state index in [4.69, 9.17) is 17.0 Å². The van der Waals surface area contributed by atoms with E-state index in [1.165, 1.54) is 11.3 Å². The smallest absolute Gasteiger partial charge is 0.170 e. The highest BCUT2D eigenvalue weighted by molar-refractivity contribution is 7.80.